The van der Waals surface area contributed by atoms with Gasteiger partial charge < -0.3 is 5.73 Å². The Balaban J connectivity index is 2.21. The lowest BCUT2D eigenvalue weighted by Crippen LogP contribution is -2.43. The van der Waals surface area contributed by atoms with Crippen molar-refractivity contribution in [2.24, 2.45) is 17.6 Å². The van der Waals surface area contributed by atoms with E-state index in [-0.39, 0.29) is 5.54 Å². The number of hydrogen-bond acceptors (Lipinski definition) is 1. The van der Waals surface area contributed by atoms with Crippen LogP contribution in [0.1, 0.15) is 45.1 Å². The average molecular weight is 252 g/mol. The molecule has 1 unspecified atom stereocenters. The highest BCUT2D eigenvalue weighted by atomic mass is 35.5. The predicted octanol–water partition coefficient (Wildman–Crippen LogP) is 4.34. The second kappa shape index (κ2) is 4.99. The largest absolute Gasteiger partial charge is 0.321 e. The van der Waals surface area contributed by atoms with Gasteiger partial charge in [-0.15, -0.1) is 0 Å². The molecule has 17 heavy (non-hydrogen) atoms. The maximum absolute atomic E-state index is 6.57. The summed E-state index contributed by atoms with van der Waals surface area (Å²) in [7, 11) is 0. The Bertz CT molecular complexity index is 378. The number of hydrogen-bond donors (Lipinski definition) is 1. The molecule has 1 nitrogen and oxygen atoms in total. The van der Waals surface area contributed by atoms with Gasteiger partial charge in [-0.05, 0) is 43.2 Å². The molecule has 0 aliphatic heterocycles. The third-order valence-electron chi connectivity index (χ3n) is 4.32. The SMILES string of the molecule is CC1CCC(C(C)(N)c2ccccc2Cl)CC1. The van der Waals surface area contributed by atoms with Crippen LogP contribution >= 0.6 is 11.6 Å². The van der Waals surface area contributed by atoms with Crippen molar-refractivity contribution in [3.8, 4) is 0 Å². The van der Waals surface area contributed by atoms with Crippen LogP contribution in [0.25, 0.3) is 0 Å². The van der Waals surface area contributed by atoms with Crippen molar-refractivity contribution >= 4 is 11.6 Å². The van der Waals surface area contributed by atoms with Crippen LogP contribution in [0.15, 0.2) is 24.3 Å². The Morgan fingerprint density at radius 3 is 2.35 bits per heavy atom. The number of rotatable bonds is 2. The van der Waals surface area contributed by atoms with Crippen molar-refractivity contribution in [1.82, 2.24) is 0 Å². The van der Waals surface area contributed by atoms with Crippen LogP contribution in [0.4, 0.5) is 0 Å². The zero-order valence-electron chi connectivity index (χ0n) is 10.7. The summed E-state index contributed by atoms with van der Waals surface area (Å²) in [6, 6.07) is 8.00. The van der Waals surface area contributed by atoms with Crippen molar-refractivity contribution in [1.29, 1.82) is 0 Å². The summed E-state index contributed by atoms with van der Waals surface area (Å²) in [5, 5.41) is 0.802. The lowest BCUT2D eigenvalue weighted by atomic mass is 9.70. The van der Waals surface area contributed by atoms with Gasteiger partial charge in [0.2, 0.25) is 0 Å². The maximum Gasteiger partial charge on any atom is 0.0456 e. The van der Waals surface area contributed by atoms with Gasteiger partial charge in [-0.1, -0.05) is 49.6 Å². The smallest absolute Gasteiger partial charge is 0.0456 e. The van der Waals surface area contributed by atoms with Crippen molar-refractivity contribution in [3.05, 3.63) is 34.9 Å². The van der Waals surface area contributed by atoms with Gasteiger partial charge in [-0.2, -0.15) is 0 Å². The van der Waals surface area contributed by atoms with E-state index < -0.39 is 0 Å². The van der Waals surface area contributed by atoms with Crippen LogP contribution in [0, 0.1) is 11.8 Å². The van der Waals surface area contributed by atoms with E-state index >= 15 is 0 Å². The van der Waals surface area contributed by atoms with E-state index in [9.17, 15) is 0 Å². The molecule has 0 amide bonds. The Kier molecular flexibility index (Phi) is 3.79. The summed E-state index contributed by atoms with van der Waals surface area (Å²) in [6.45, 7) is 4.47. The highest BCUT2D eigenvalue weighted by Gasteiger charge is 2.35. The number of nitrogens with two attached hydrogens (primary N) is 1. The minimum absolute atomic E-state index is 0.293. The first-order valence-electron chi connectivity index (χ1n) is 6.55. The molecule has 1 aromatic rings. The lowest BCUT2D eigenvalue weighted by Gasteiger charge is -2.39. The molecular formula is C15H22ClN. The van der Waals surface area contributed by atoms with E-state index in [0.717, 1.165) is 16.5 Å². The highest BCUT2D eigenvalue weighted by molar-refractivity contribution is 6.31. The summed E-state index contributed by atoms with van der Waals surface area (Å²) >= 11 is 6.28. The highest BCUT2D eigenvalue weighted by Crippen LogP contribution is 2.41. The molecule has 0 aromatic heterocycles. The summed E-state index contributed by atoms with van der Waals surface area (Å²) in [5.41, 5.74) is 7.38. The van der Waals surface area contributed by atoms with E-state index in [0.29, 0.717) is 5.92 Å². The molecule has 1 aliphatic rings. The molecule has 0 heterocycles. The van der Waals surface area contributed by atoms with Crippen molar-refractivity contribution in [3.63, 3.8) is 0 Å². The second-order valence-electron chi connectivity index (χ2n) is 5.72. The van der Waals surface area contributed by atoms with Crippen LogP contribution in [0.5, 0.6) is 0 Å². The number of benzene rings is 1. The Hall–Kier alpha value is -0.530. The molecule has 1 aliphatic carbocycles. The van der Waals surface area contributed by atoms with Gasteiger partial charge in [0.25, 0.3) is 0 Å². The molecule has 1 fully saturated rings. The van der Waals surface area contributed by atoms with Gasteiger partial charge in [0.05, 0.1) is 0 Å². The monoisotopic (exact) mass is 251 g/mol. The molecule has 2 heteroatoms. The number of halogens is 1. The summed E-state index contributed by atoms with van der Waals surface area (Å²) in [5.74, 6) is 1.41. The quantitative estimate of drug-likeness (QED) is 0.831. The first-order chi connectivity index (χ1) is 8.01. The third kappa shape index (κ3) is 2.66. The lowest BCUT2D eigenvalue weighted by molar-refractivity contribution is 0.193. The Labute approximate surface area is 109 Å². The van der Waals surface area contributed by atoms with Gasteiger partial charge in [-0.25, -0.2) is 0 Å². The zero-order valence-corrected chi connectivity index (χ0v) is 11.5. The fraction of sp³-hybridized carbons (Fsp3) is 0.600. The molecule has 1 aromatic carbocycles. The van der Waals surface area contributed by atoms with Crippen LogP contribution in [-0.4, -0.2) is 0 Å². The molecule has 0 bridgehead atoms. The molecule has 1 saturated carbocycles. The summed E-state index contributed by atoms with van der Waals surface area (Å²) < 4.78 is 0. The van der Waals surface area contributed by atoms with Crippen molar-refractivity contribution < 1.29 is 0 Å². The molecule has 2 N–H and O–H groups in total. The first kappa shape index (κ1) is 12.9. The van der Waals surface area contributed by atoms with Gasteiger partial charge in [0.1, 0.15) is 0 Å². The summed E-state index contributed by atoms with van der Waals surface area (Å²) in [6.07, 6.45) is 5.03. The van der Waals surface area contributed by atoms with E-state index in [1.54, 1.807) is 0 Å². The topological polar surface area (TPSA) is 26.0 Å². The fourth-order valence-electron chi connectivity index (χ4n) is 2.98. The van der Waals surface area contributed by atoms with E-state index in [1.165, 1.54) is 25.7 Å². The molecule has 0 radical (unpaired) electrons. The average Bonchev–Trinajstić information content (AvgIpc) is 2.30. The summed E-state index contributed by atoms with van der Waals surface area (Å²) in [4.78, 5) is 0. The van der Waals surface area contributed by atoms with Gasteiger partial charge in [0.15, 0.2) is 0 Å². The molecule has 1 atom stereocenters. The maximum atomic E-state index is 6.57. The van der Waals surface area contributed by atoms with Crippen molar-refractivity contribution in [2.45, 2.75) is 45.1 Å². The molecule has 94 valence electrons. The van der Waals surface area contributed by atoms with E-state index in [1.807, 2.05) is 18.2 Å². The molecule has 0 saturated heterocycles. The van der Waals surface area contributed by atoms with Crippen LogP contribution in [0.3, 0.4) is 0 Å². The van der Waals surface area contributed by atoms with E-state index in [2.05, 4.69) is 19.9 Å². The molecular weight excluding hydrogens is 230 g/mol. The van der Waals surface area contributed by atoms with Gasteiger partial charge in [-0.3, -0.25) is 0 Å². The Morgan fingerprint density at radius 2 is 1.76 bits per heavy atom. The Morgan fingerprint density at radius 1 is 1.18 bits per heavy atom. The normalized spacial score (nSPS) is 28.7. The van der Waals surface area contributed by atoms with Gasteiger partial charge in [0, 0.05) is 10.6 Å². The minimum Gasteiger partial charge on any atom is -0.321 e. The van der Waals surface area contributed by atoms with Gasteiger partial charge >= 0.3 is 0 Å². The van der Waals surface area contributed by atoms with Crippen molar-refractivity contribution in [2.75, 3.05) is 0 Å². The zero-order chi connectivity index (χ0) is 12.5. The fourth-order valence-corrected chi connectivity index (χ4v) is 3.32. The van der Waals surface area contributed by atoms with Crippen LogP contribution in [0.2, 0.25) is 5.02 Å². The minimum atomic E-state index is -0.293. The van der Waals surface area contributed by atoms with E-state index in [4.69, 9.17) is 17.3 Å². The molecule has 2 rings (SSSR count). The third-order valence-corrected chi connectivity index (χ3v) is 4.65. The predicted molar refractivity (Wildman–Crippen MR) is 74.1 cm³/mol. The molecule has 0 spiro atoms. The van der Waals surface area contributed by atoms with Crippen LogP contribution < -0.4 is 5.73 Å². The second-order valence-corrected chi connectivity index (χ2v) is 6.13. The first-order valence-corrected chi connectivity index (χ1v) is 6.93. The standard InChI is InChI=1S/C15H22ClN/c1-11-7-9-12(10-8-11)15(2,17)13-5-3-4-6-14(13)16/h3-6,11-12H,7-10,17H2,1-2H3. The van der Waals surface area contributed by atoms with Crippen LogP contribution in [-0.2, 0) is 5.54 Å².